The van der Waals surface area contributed by atoms with Crippen molar-refractivity contribution >= 4 is 6.03 Å². The molecule has 0 saturated carbocycles. The maximum atomic E-state index is 12.0. The lowest BCUT2D eigenvalue weighted by atomic mass is 9.99. The summed E-state index contributed by atoms with van der Waals surface area (Å²) in [4.78, 5) is 15.7. The topological polar surface area (TPSA) is 35.6 Å². The van der Waals surface area contributed by atoms with E-state index in [1.807, 2.05) is 30.7 Å². The highest BCUT2D eigenvalue weighted by molar-refractivity contribution is 5.74. The van der Waals surface area contributed by atoms with Crippen LogP contribution < -0.4 is 5.32 Å². The van der Waals surface area contributed by atoms with E-state index in [4.69, 9.17) is 0 Å². The molecule has 1 heterocycles. The summed E-state index contributed by atoms with van der Waals surface area (Å²) < 4.78 is 0. The molecule has 1 fully saturated rings. The summed E-state index contributed by atoms with van der Waals surface area (Å²) in [6, 6.07) is 0.163. The van der Waals surface area contributed by atoms with Gasteiger partial charge >= 0.3 is 6.03 Å². The van der Waals surface area contributed by atoms with Gasteiger partial charge in [-0.2, -0.15) is 0 Å². The zero-order valence-electron chi connectivity index (χ0n) is 10.8. The van der Waals surface area contributed by atoms with Gasteiger partial charge in [0, 0.05) is 26.7 Å². The molecule has 0 aliphatic carbocycles. The van der Waals surface area contributed by atoms with Gasteiger partial charge in [0.05, 0.1) is 0 Å². The Labute approximate surface area is 99.0 Å². The minimum absolute atomic E-state index is 0.163. The van der Waals surface area contributed by atoms with Crippen molar-refractivity contribution in [1.82, 2.24) is 15.1 Å². The molecule has 1 saturated heterocycles. The molecule has 4 nitrogen and oxygen atoms in total. The number of nitrogens with one attached hydrogen (secondary N) is 1. The molecule has 2 amide bonds. The Bertz CT molecular complexity index is 210. The molecule has 94 valence electrons. The number of hydrogen-bond donors (Lipinski definition) is 1. The van der Waals surface area contributed by atoms with Gasteiger partial charge in [-0.05, 0) is 45.7 Å². The van der Waals surface area contributed by atoms with Crippen LogP contribution in [0.3, 0.4) is 0 Å². The fourth-order valence-corrected chi connectivity index (χ4v) is 2.28. The lowest BCUT2D eigenvalue weighted by Crippen LogP contribution is -2.45. The molecule has 0 aromatic carbocycles. The lowest BCUT2D eigenvalue weighted by molar-refractivity contribution is 0.157. The van der Waals surface area contributed by atoms with Gasteiger partial charge in [-0.3, -0.25) is 0 Å². The zero-order chi connectivity index (χ0) is 12.0. The largest absolute Gasteiger partial charge is 0.327 e. The van der Waals surface area contributed by atoms with E-state index in [1.165, 1.54) is 12.8 Å². The summed E-state index contributed by atoms with van der Waals surface area (Å²) >= 11 is 0. The number of amides is 2. The van der Waals surface area contributed by atoms with Gasteiger partial charge in [0.1, 0.15) is 0 Å². The molecular formula is C12H25N3O. The highest BCUT2D eigenvalue weighted by atomic mass is 16.2. The van der Waals surface area contributed by atoms with Crippen LogP contribution in [0.2, 0.25) is 0 Å². The van der Waals surface area contributed by atoms with E-state index in [2.05, 4.69) is 5.32 Å². The second kappa shape index (κ2) is 6.74. The number of carbonyl (C=O) groups excluding carboxylic acids is 1. The van der Waals surface area contributed by atoms with Crippen LogP contribution in [0.25, 0.3) is 0 Å². The predicted molar refractivity (Wildman–Crippen MR) is 66.5 cm³/mol. The minimum atomic E-state index is 0.163. The van der Waals surface area contributed by atoms with Gasteiger partial charge in [-0.1, -0.05) is 0 Å². The zero-order valence-corrected chi connectivity index (χ0v) is 10.8. The molecule has 1 aliphatic rings. The standard InChI is InChI=1S/C12H25N3O/c1-4-15(5-2)12(16)14(3)10-11-7-6-8-13-9-11/h11,13H,4-10H2,1-3H3. The highest BCUT2D eigenvalue weighted by Gasteiger charge is 2.20. The number of hydrogen-bond acceptors (Lipinski definition) is 2. The van der Waals surface area contributed by atoms with Crippen LogP contribution in [0.5, 0.6) is 0 Å². The Balaban J connectivity index is 2.37. The first-order valence-electron chi connectivity index (χ1n) is 6.39. The molecular weight excluding hydrogens is 202 g/mol. The molecule has 1 unspecified atom stereocenters. The average Bonchev–Trinajstić information content (AvgIpc) is 2.31. The molecule has 0 aromatic rings. The van der Waals surface area contributed by atoms with Gasteiger partial charge in [-0.15, -0.1) is 0 Å². The van der Waals surface area contributed by atoms with Crippen LogP contribution in [0.15, 0.2) is 0 Å². The van der Waals surface area contributed by atoms with Crippen LogP contribution in [0.4, 0.5) is 4.79 Å². The normalized spacial score (nSPS) is 20.6. The lowest BCUT2D eigenvalue weighted by Gasteiger charge is -2.31. The summed E-state index contributed by atoms with van der Waals surface area (Å²) in [6.45, 7) is 8.70. The van der Waals surface area contributed by atoms with E-state index in [0.29, 0.717) is 5.92 Å². The monoisotopic (exact) mass is 227 g/mol. The van der Waals surface area contributed by atoms with Crippen molar-refractivity contribution < 1.29 is 4.79 Å². The van der Waals surface area contributed by atoms with Gasteiger partial charge in [0.15, 0.2) is 0 Å². The number of nitrogens with zero attached hydrogens (tertiary/aromatic N) is 2. The van der Waals surface area contributed by atoms with Crippen molar-refractivity contribution in [1.29, 1.82) is 0 Å². The number of carbonyl (C=O) groups is 1. The van der Waals surface area contributed by atoms with Crippen molar-refractivity contribution in [3.63, 3.8) is 0 Å². The Morgan fingerprint density at radius 3 is 2.56 bits per heavy atom. The quantitative estimate of drug-likeness (QED) is 0.787. The van der Waals surface area contributed by atoms with Crippen molar-refractivity contribution in [2.75, 3.05) is 39.8 Å². The summed E-state index contributed by atoms with van der Waals surface area (Å²) in [7, 11) is 1.91. The fraction of sp³-hybridized carbons (Fsp3) is 0.917. The Kier molecular flexibility index (Phi) is 5.60. The maximum Gasteiger partial charge on any atom is 0.319 e. The van der Waals surface area contributed by atoms with Crippen LogP contribution in [0, 0.1) is 5.92 Å². The van der Waals surface area contributed by atoms with Crippen LogP contribution in [-0.2, 0) is 0 Å². The van der Waals surface area contributed by atoms with E-state index < -0.39 is 0 Å². The molecule has 1 aliphatic heterocycles. The van der Waals surface area contributed by atoms with Crippen LogP contribution in [-0.4, -0.2) is 55.6 Å². The Morgan fingerprint density at radius 1 is 1.38 bits per heavy atom. The SMILES string of the molecule is CCN(CC)C(=O)N(C)CC1CCCNC1. The van der Waals surface area contributed by atoms with Crippen LogP contribution >= 0.6 is 0 Å². The first-order chi connectivity index (χ1) is 7.69. The van der Waals surface area contributed by atoms with Crippen molar-refractivity contribution in [3.8, 4) is 0 Å². The summed E-state index contributed by atoms with van der Waals surface area (Å²) in [5, 5.41) is 3.38. The number of rotatable bonds is 4. The third kappa shape index (κ3) is 3.67. The fourth-order valence-electron chi connectivity index (χ4n) is 2.28. The first-order valence-corrected chi connectivity index (χ1v) is 6.39. The predicted octanol–water partition coefficient (Wildman–Crippen LogP) is 1.38. The highest BCUT2D eigenvalue weighted by Crippen LogP contribution is 2.11. The molecule has 0 spiro atoms. The molecule has 1 N–H and O–H groups in total. The molecule has 1 rings (SSSR count). The smallest absolute Gasteiger partial charge is 0.319 e. The van der Waals surface area contributed by atoms with Gasteiger partial charge in [-0.25, -0.2) is 4.79 Å². The van der Waals surface area contributed by atoms with Crippen LogP contribution in [0.1, 0.15) is 26.7 Å². The minimum Gasteiger partial charge on any atom is -0.327 e. The van der Waals surface area contributed by atoms with Gasteiger partial charge < -0.3 is 15.1 Å². The maximum absolute atomic E-state index is 12.0. The van der Waals surface area contributed by atoms with E-state index >= 15 is 0 Å². The molecule has 1 atom stereocenters. The molecule has 16 heavy (non-hydrogen) atoms. The van der Waals surface area contributed by atoms with E-state index in [-0.39, 0.29) is 6.03 Å². The first kappa shape index (κ1) is 13.3. The summed E-state index contributed by atoms with van der Waals surface area (Å²) in [5.41, 5.74) is 0. The second-order valence-electron chi connectivity index (χ2n) is 4.55. The number of piperidine rings is 1. The second-order valence-corrected chi connectivity index (χ2v) is 4.55. The third-order valence-electron chi connectivity index (χ3n) is 3.29. The molecule has 0 radical (unpaired) electrons. The average molecular weight is 227 g/mol. The van der Waals surface area contributed by atoms with Crippen molar-refractivity contribution in [2.45, 2.75) is 26.7 Å². The van der Waals surface area contributed by atoms with E-state index in [9.17, 15) is 4.79 Å². The Morgan fingerprint density at radius 2 is 2.06 bits per heavy atom. The molecule has 4 heteroatoms. The van der Waals surface area contributed by atoms with Crippen molar-refractivity contribution in [3.05, 3.63) is 0 Å². The number of urea groups is 1. The summed E-state index contributed by atoms with van der Waals surface area (Å²) in [6.07, 6.45) is 2.47. The van der Waals surface area contributed by atoms with E-state index in [0.717, 1.165) is 32.7 Å². The van der Waals surface area contributed by atoms with Crippen molar-refractivity contribution in [2.24, 2.45) is 5.92 Å². The summed E-state index contributed by atoms with van der Waals surface area (Å²) in [5.74, 6) is 0.623. The Hall–Kier alpha value is -0.770. The third-order valence-corrected chi connectivity index (χ3v) is 3.29. The molecule has 0 bridgehead atoms. The molecule has 0 aromatic heterocycles. The van der Waals surface area contributed by atoms with Gasteiger partial charge in [0.25, 0.3) is 0 Å². The van der Waals surface area contributed by atoms with Gasteiger partial charge in [0.2, 0.25) is 0 Å². The van der Waals surface area contributed by atoms with E-state index in [1.54, 1.807) is 0 Å².